The summed E-state index contributed by atoms with van der Waals surface area (Å²) in [6, 6.07) is 0. The number of hydrogen-bond donors (Lipinski definition) is 1. The molecule has 108 valence electrons. The molecule has 0 spiro atoms. The van der Waals surface area contributed by atoms with Crippen molar-refractivity contribution in [3.05, 3.63) is 0 Å². The summed E-state index contributed by atoms with van der Waals surface area (Å²) >= 11 is 0. The summed E-state index contributed by atoms with van der Waals surface area (Å²) in [6.45, 7) is 14.5. The number of rotatable bonds is 8. The average molecular weight is 256 g/mol. The molecule has 1 rings (SSSR count). The lowest BCUT2D eigenvalue weighted by Crippen LogP contribution is -2.46. The highest BCUT2D eigenvalue weighted by Gasteiger charge is 2.20. The molecule has 0 saturated carbocycles. The van der Waals surface area contributed by atoms with Crippen LogP contribution in [0.3, 0.4) is 0 Å². The van der Waals surface area contributed by atoms with E-state index in [1.54, 1.807) is 0 Å². The molecule has 1 heterocycles. The van der Waals surface area contributed by atoms with Gasteiger partial charge in [0, 0.05) is 31.8 Å². The minimum absolute atomic E-state index is 0.272. The molecule has 0 aromatic heterocycles. The number of likely N-dealkylation sites (tertiary alicyclic amines) is 1. The predicted molar refractivity (Wildman–Crippen MR) is 78.1 cm³/mol. The third-order valence-electron chi connectivity index (χ3n) is 3.94. The second-order valence-electron chi connectivity index (χ2n) is 6.10. The Balaban J connectivity index is 2.18. The van der Waals surface area contributed by atoms with Crippen LogP contribution in [-0.2, 0) is 4.74 Å². The van der Waals surface area contributed by atoms with Gasteiger partial charge >= 0.3 is 0 Å². The quantitative estimate of drug-likeness (QED) is 0.722. The second-order valence-corrected chi connectivity index (χ2v) is 6.10. The van der Waals surface area contributed by atoms with Gasteiger partial charge in [0.05, 0.1) is 6.10 Å². The van der Waals surface area contributed by atoms with Crippen molar-refractivity contribution in [2.45, 2.75) is 65.0 Å². The maximum absolute atomic E-state index is 5.87. The van der Waals surface area contributed by atoms with Crippen LogP contribution in [0.25, 0.3) is 0 Å². The van der Waals surface area contributed by atoms with Crippen molar-refractivity contribution in [2.24, 2.45) is 0 Å². The van der Waals surface area contributed by atoms with Gasteiger partial charge in [0.2, 0.25) is 0 Å². The first-order valence-corrected chi connectivity index (χ1v) is 7.66. The van der Waals surface area contributed by atoms with E-state index in [9.17, 15) is 0 Å². The van der Waals surface area contributed by atoms with Crippen molar-refractivity contribution in [3.8, 4) is 0 Å². The summed E-state index contributed by atoms with van der Waals surface area (Å²) in [5.41, 5.74) is 0.272. The van der Waals surface area contributed by atoms with E-state index in [4.69, 9.17) is 4.74 Å². The maximum atomic E-state index is 5.87. The van der Waals surface area contributed by atoms with E-state index in [0.717, 1.165) is 32.7 Å². The Morgan fingerprint density at radius 1 is 1.33 bits per heavy atom. The van der Waals surface area contributed by atoms with Gasteiger partial charge in [-0.15, -0.1) is 0 Å². The van der Waals surface area contributed by atoms with Gasteiger partial charge in [-0.25, -0.2) is 0 Å². The Labute approximate surface area is 113 Å². The summed E-state index contributed by atoms with van der Waals surface area (Å²) in [6.07, 6.45) is 5.30. The van der Waals surface area contributed by atoms with Gasteiger partial charge in [0.25, 0.3) is 0 Å². The monoisotopic (exact) mass is 256 g/mol. The highest BCUT2D eigenvalue weighted by atomic mass is 16.5. The van der Waals surface area contributed by atoms with Crippen molar-refractivity contribution >= 4 is 0 Å². The van der Waals surface area contributed by atoms with Crippen LogP contribution in [0.5, 0.6) is 0 Å². The number of nitrogens with zero attached hydrogens (tertiary/aromatic N) is 1. The van der Waals surface area contributed by atoms with E-state index < -0.39 is 0 Å². The molecule has 1 aliphatic rings. The van der Waals surface area contributed by atoms with Gasteiger partial charge in [0.15, 0.2) is 0 Å². The van der Waals surface area contributed by atoms with Crippen LogP contribution < -0.4 is 5.32 Å². The zero-order valence-corrected chi connectivity index (χ0v) is 12.8. The predicted octanol–water partition coefficient (Wildman–Crippen LogP) is 2.66. The molecule has 1 N–H and O–H groups in total. The summed E-state index contributed by atoms with van der Waals surface area (Å²) in [4.78, 5) is 2.54. The molecule has 0 aliphatic carbocycles. The summed E-state index contributed by atoms with van der Waals surface area (Å²) in [7, 11) is 0. The molecule has 0 aromatic carbocycles. The Morgan fingerprint density at radius 3 is 2.78 bits per heavy atom. The Morgan fingerprint density at radius 2 is 2.11 bits per heavy atom. The number of nitrogens with one attached hydrogen (secondary N) is 1. The standard InChI is InChI=1S/C15H32N2O/c1-5-12-18-14-8-7-10-17(13-14)11-9-16-15(3,4)6-2/h14,16H,5-13H2,1-4H3. The Kier molecular flexibility index (Phi) is 7.20. The SMILES string of the molecule is CCCOC1CCCN(CCNC(C)(C)CC)C1. The van der Waals surface area contributed by atoms with Crippen LogP contribution in [-0.4, -0.2) is 49.3 Å². The fourth-order valence-corrected chi connectivity index (χ4v) is 2.31. The molecule has 3 nitrogen and oxygen atoms in total. The van der Waals surface area contributed by atoms with Crippen LogP contribution in [0, 0.1) is 0 Å². The third kappa shape index (κ3) is 6.17. The van der Waals surface area contributed by atoms with Crippen LogP contribution in [0.1, 0.15) is 53.4 Å². The van der Waals surface area contributed by atoms with Crippen molar-refractivity contribution in [1.82, 2.24) is 10.2 Å². The Hall–Kier alpha value is -0.120. The minimum Gasteiger partial charge on any atom is -0.377 e. The molecular formula is C15H32N2O. The fraction of sp³-hybridized carbons (Fsp3) is 1.00. The summed E-state index contributed by atoms with van der Waals surface area (Å²) < 4.78 is 5.87. The van der Waals surface area contributed by atoms with Gasteiger partial charge in [-0.2, -0.15) is 0 Å². The molecule has 1 unspecified atom stereocenters. The normalized spacial score (nSPS) is 22.3. The zero-order valence-electron chi connectivity index (χ0n) is 12.8. The largest absolute Gasteiger partial charge is 0.377 e. The first-order chi connectivity index (χ1) is 8.57. The summed E-state index contributed by atoms with van der Waals surface area (Å²) in [5.74, 6) is 0. The number of ether oxygens (including phenoxy) is 1. The molecule has 1 saturated heterocycles. The van der Waals surface area contributed by atoms with E-state index in [-0.39, 0.29) is 5.54 Å². The lowest BCUT2D eigenvalue weighted by Gasteiger charge is -2.34. The smallest absolute Gasteiger partial charge is 0.0702 e. The molecule has 1 atom stereocenters. The van der Waals surface area contributed by atoms with Crippen LogP contribution in [0.2, 0.25) is 0 Å². The molecule has 1 fully saturated rings. The van der Waals surface area contributed by atoms with Crippen LogP contribution in [0.15, 0.2) is 0 Å². The molecule has 0 aromatic rings. The zero-order chi connectivity index (χ0) is 13.4. The first kappa shape index (κ1) is 15.9. The lowest BCUT2D eigenvalue weighted by molar-refractivity contribution is 0.00000589. The highest BCUT2D eigenvalue weighted by molar-refractivity contribution is 4.78. The molecule has 0 radical (unpaired) electrons. The molecule has 0 bridgehead atoms. The minimum atomic E-state index is 0.272. The second kappa shape index (κ2) is 8.13. The van der Waals surface area contributed by atoms with E-state index in [2.05, 4.69) is 37.9 Å². The number of hydrogen-bond acceptors (Lipinski definition) is 3. The maximum Gasteiger partial charge on any atom is 0.0702 e. The first-order valence-electron chi connectivity index (χ1n) is 7.66. The third-order valence-corrected chi connectivity index (χ3v) is 3.94. The van der Waals surface area contributed by atoms with E-state index >= 15 is 0 Å². The van der Waals surface area contributed by atoms with Gasteiger partial charge in [-0.1, -0.05) is 13.8 Å². The van der Waals surface area contributed by atoms with E-state index in [0.29, 0.717) is 6.10 Å². The van der Waals surface area contributed by atoms with Gasteiger partial charge in [0.1, 0.15) is 0 Å². The van der Waals surface area contributed by atoms with Crippen LogP contribution in [0.4, 0.5) is 0 Å². The average Bonchev–Trinajstić information content (AvgIpc) is 2.37. The molecule has 18 heavy (non-hydrogen) atoms. The van der Waals surface area contributed by atoms with Crippen molar-refractivity contribution in [1.29, 1.82) is 0 Å². The molecule has 0 amide bonds. The molecular weight excluding hydrogens is 224 g/mol. The van der Waals surface area contributed by atoms with Gasteiger partial charge in [-0.05, 0) is 46.1 Å². The van der Waals surface area contributed by atoms with Crippen LogP contribution >= 0.6 is 0 Å². The highest BCUT2D eigenvalue weighted by Crippen LogP contribution is 2.13. The fourth-order valence-electron chi connectivity index (χ4n) is 2.31. The van der Waals surface area contributed by atoms with E-state index in [1.807, 2.05) is 0 Å². The lowest BCUT2D eigenvalue weighted by atomic mass is 10.0. The van der Waals surface area contributed by atoms with Gasteiger partial charge in [-0.3, -0.25) is 4.90 Å². The summed E-state index contributed by atoms with van der Waals surface area (Å²) in [5, 5.41) is 3.63. The van der Waals surface area contributed by atoms with Crippen molar-refractivity contribution in [3.63, 3.8) is 0 Å². The topological polar surface area (TPSA) is 24.5 Å². The van der Waals surface area contributed by atoms with Crippen molar-refractivity contribution in [2.75, 3.05) is 32.8 Å². The number of piperidine rings is 1. The Bertz CT molecular complexity index is 219. The van der Waals surface area contributed by atoms with Crippen molar-refractivity contribution < 1.29 is 4.74 Å². The van der Waals surface area contributed by atoms with E-state index in [1.165, 1.54) is 25.8 Å². The van der Waals surface area contributed by atoms with Gasteiger partial charge < -0.3 is 10.1 Å². The molecule has 1 aliphatic heterocycles. The molecule has 3 heteroatoms.